The van der Waals surface area contributed by atoms with Crippen LogP contribution in [0.2, 0.25) is 0 Å². The van der Waals surface area contributed by atoms with Crippen LogP contribution in [0.1, 0.15) is 5.56 Å². The van der Waals surface area contributed by atoms with Gasteiger partial charge in [0.1, 0.15) is 5.84 Å². The summed E-state index contributed by atoms with van der Waals surface area (Å²) in [6.45, 7) is 0. The zero-order valence-electron chi connectivity index (χ0n) is 6.12. The third-order valence-corrected chi connectivity index (χ3v) is 1.25. The number of hydrogen-bond donors (Lipinski definition) is 2. The second-order valence-electron chi connectivity index (χ2n) is 2.20. The van der Waals surface area contributed by atoms with Crippen molar-refractivity contribution in [2.24, 2.45) is 5.73 Å². The van der Waals surface area contributed by atoms with Crippen LogP contribution in [0.15, 0.2) is 36.4 Å². The number of benzene rings is 1. The average Bonchev–Trinajstić information content (AvgIpc) is 2.03. The fraction of sp³-hybridized carbons (Fsp3) is 0. The van der Waals surface area contributed by atoms with Crippen molar-refractivity contribution in [1.82, 2.24) is 0 Å². The SMILES string of the molecule is N=C(N)/C=C/c1ccccc1. The number of hydrogen-bond acceptors (Lipinski definition) is 1. The van der Waals surface area contributed by atoms with Crippen LogP contribution in [-0.2, 0) is 0 Å². The van der Waals surface area contributed by atoms with E-state index >= 15 is 0 Å². The second kappa shape index (κ2) is 3.56. The molecule has 0 unspecified atom stereocenters. The molecule has 11 heavy (non-hydrogen) atoms. The quantitative estimate of drug-likeness (QED) is 0.483. The lowest BCUT2D eigenvalue weighted by molar-refractivity contribution is 1.47. The van der Waals surface area contributed by atoms with Gasteiger partial charge in [-0.25, -0.2) is 0 Å². The maximum absolute atomic E-state index is 6.93. The molecule has 3 N–H and O–H groups in total. The van der Waals surface area contributed by atoms with Gasteiger partial charge in [-0.05, 0) is 11.6 Å². The van der Waals surface area contributed by atoms with Crippen molar-refractivity contribution < 1.29 is 0 Å². The molecule has 0 spiro atoms. The average molecular weight is 146 g/mol. The lowest BCUT2D eigenvalue weighted by Gasteiger charge is -1.89. The molecule has 1 aromatic carbocycles. The molecule has 0 saturated heterocycles. The number of rotatable bonds is 2. The number of nitrogens with one attached hydrogen (secondary N) is 1. The Balaban J connectivity index is 2.72. The Hall–Kier alpha value is -1.57. The highest BCUT2D eigenvalue weighted by Crippen LogP contribution is 1.99. The molecule has 0 aliphatic rings. The molecule has 2 nitrogen and oxygen atoms in total. The highest BCUT2D eigenvalue weighted by atomic mass is 14.7. The molecule has 2 heteroatoms. The summed E-state index contributed by atoms with van der Waals surface area (Å²) in [5.74, 6) is 0.0776. The summed E-state index contributed by atoms with van der Waals surface area (Å²) in [5.41, 5.74) is 6.19. The first kappa shape index (κ1) is 7.54. The van der Waals surface area contributed by atoms with E-state index in [1.165, 1.54) is 0 Å². The lowest BCUT2D eigenvalue weighted by atomic mass is 10.2. The van der Waals surface area contributed by atoms with Gasteiger partial charge in [-0.1, -0.05) is 36.4 Å². The van der Waals surface area contributed by atoms with E-state index in [1.807, 2.05) is 36.4 Å². The minimum atomic E-state index is 0.0776. The Morgan fingerprint density at radius 2 is 1.91 bits per heavy atom. The normalized spacial score (nSPS) is 10.2. The molecule has 0 amide bonds. The molecule has 1 aromatic rings. The maximum Gasteiger partial charge on any atom is 0.115 e. The van der Waals surface area contributed by atoms with Gasteiger partial charge in [0.05, 0.1) is 0 Å². The summed E-state index contributed by atoms with van der Waals surface area (Å²) in [6, 6.07) is 9.75. The molecule has 1 rings (SSSR count). The van der Waals surface area contributed by atoms with Crippen LogP contribution in [0.25, 0.3) is 6.08 Å². The first-order valence-electron chi connectivity index (χ1n) is 3.36. The maximum atomic E-state index is 6.93. The Kier molecular flexibility index (Phi) is 2.44. The highest BCUT2D eigenvalue weighted by molar-refractivity contribution is 5.92. The van der Waals surface area contributed by atoms with E-state index in [-0.39, 0.29) is 5.84 Å². The van der Waals surface area contributed by atoms with Crippen LogP contribution >= 0.6 is 0 Å². The summed E-state index contributed by atoms with van der Waals surface area (Å²) >= 11 is 0. The minimum absolute atomic E-state index is 0.0776. The smallest absolute Gasteiger partial charge is 0.115 e. The molecule has 0 bridgehead atoms. The van der Waals surface area contributed by atoms with Crippen LogP contribution in [0.4, 0.5) is 0 Å². The molecular weight excluding hydrogens is 136 g/mol. The Bertz CT molecular complexity index is 262. The zero-order chi connectivity index (χ0) is 8.10. The monoisotopic (exact) mass is 146 g/mol. The number of nitrogens with two attached hydrogens (primary N) is 1. The van der Waals surface area contributed by atoms with Gasteiger partial charge in [0.2, 0.25) is 0 Å². The molecule has 0 aliphatic carbocycles. The standard InChI is InChI=1S/C9H10N2/c10-9(11)7-6-8-4-2-1-3-5-8/h1-7H,(H3,10,11)/b7-6+. The third-order valence-electron chi connectivity index (χ3n) is 1.25. The minimum Gasteiger partial charge on any atom is -0.384 e. The summed E-state index contributed by atoms with van der Waals surface area (Å²) in [4.78, 5) is 0. The van der Waals surface area contributed by atoms with Crippen molar-refractivity contribution in [3.63, 3.8) is 0 Å². The Labute approximate surface area is 65.9 Å². The molecule has 0 saturated carbocycles. The third kappa shape index (κ3) is 2.67. The molecule has 56 valence electrons. The van der Waals surface area contributed by atoms with Gasteiger partial charge in [-0.2, -0.15) is 0 Å². The molecule has 0 fully saturated rings. The van der Waals surface area contributed by atoms with E-state index in [0.717, 1.165) is 5.56 Å². The van der Waals surface area contributed by atoms with E-state index in [0.29, 0.717) is 0 Å². The molecule has 0 aromatic heterocycles. The first-order valence-corrected chi connectivity index (χ1v) is 3.36. The summed E-state index contributed by atoms with van der Waals surface area (Å²) in [5, 5.41) is 6.93. The van der Waals surface area contributed by atoms with Crippen LogP contribution in [0, 0.1) is 5.41 Å². The van der Waals surface area contributed by atoms with Crippen LogP contribution in [-0.4, -0.2) is 5.84 Å². The van der Waals surface area contributed by atoms with Gasteiger partial charge in [0.25, 0.3) is 0 Å². The van der Waals surface area contributed by atoms with Crippen LogP contribution in [0.3, 0.4) is 0 Å². The van der Waals surface area contributed by atoms with Gasteiger partial charge in [0, 0.05) is 0 Å². The highest BCUT2D eigenvalue weighted by Gasteiger charge is 1.81. The molecule has 0 radical (unpaired) electrons. The van der Waals surface area contributed by atoms with Crippen LogP contribution < -0.4 is 5.73 Å². The fourth-order valence-corrected chi connectivity index (χ4v) is 0.750. The van der Waals surface area contributed by atoms with Crippen molar-refractivity contribution in [2.45, 2.75) is 0 Å². The van der Waals surface area contributed by atoms with Gasteiger partial charge >= 0.3 is 0 Å². The fourth-order valence-electron chi connectivity index (χ4n) is 0.750. The summed E-state index contributed by atoms with van der Waals surface area (Å²) in [7, 11) is 0. The number of amidine groups is 1. The van der Waals surface area contributed by atoms with Crippen molar-refractivity contribution in [3.05, 3.63) is 42.0 Å². The summed E-state index contributed by atoms with van der Waals surface area (Å²) < 4.78 is 0. The van der Waals surface area contributed by atoms with E-state index in [2.05, 4.69) is 0 Å². The molecule has 0 atom stereocenters. The van der Waals surface area contributed by atoms with Crippen molar-refractivity contribution in [3.8, 4) is 0 Å². The van der Waals surface area contributed by atoms with E-state index in [4.69, 9.17) is 11.1 Å². The van der Waals surface area contributed by atoms with Gasteiger partial charge in [-0.3, -0.25) is 5.41 Å². The second-order valence-corrected chi connectivity index (χ2v) is 2.20. The van der Waals surface area contributed by atoms with Crippen molar-refractivity contribution >= 4 is 11.9 Å². The van der Waals surface area contributed by atoms with Crippen LogP contribution in [0.5, 0.6) is 0 Å². The van der Waals surface area contributed by atoms with Gasteiger partial charge < -0.3 is 5.73 Å². The Morgan fingerprint density at radius 1 is 1.27 bits per heavy atom. The lowest BCUT2D eigenvalue weighted by Crippen LogP contribution is -2.03. The molecule has 0 aliphatic heterocycles. The summed E-state index contributed by atoms with van der Waals surface area (Å²) in [6.07, 6.45) is 3.37. The molecular formula is C9H10N2. The van der Waals surface area contributed by atoms with E-state index in [9.17, 15) is 0 Å². The van der Waals surface area contributed by atoms with E-state index < -0.39 is 0 Å². The van der Waals surface area contributed by atoms with Gasteiger partial charge in [0.15, 0.2) is 0 Å². The first-order chi connectivity index (χ1) is 5.29. The Morgan fingerprint density at radius 3 is 2.45 bits per heavy atom. The predicted octanol–water partition coefficient (Wildman–Crippen LogP) is 1.64. The zero-order valence-corrected chi connectivity index (χ0v) is 6.12. The predicted molar refractivity (Wildman–Crippen MR) is 47.4 cm³/mol. The largest absolute Gasteiger partial charge is 0.384 e. The van der Waals surface area contributed by atoms with Gasteiger partial charge in [-0.15, -0.1) is 0 Å². The van der Waals surface area contributed by atoms with Crippen molar-refractivity contribution in [1.29, 1.82) is 5.41 Å². The van der Waals surface area contributed by atoms with Crippen molar-refractivity contribution in [2.75, 3.05) is 0 Å². The topological polar surface area (TPSA) is 49.9 Å². The van der Waals surface area contributed by atoms with E-state index in [1.54, 1.807) is 6.08 Å². The molecule has 0 heterocycles.